The minimum absolute atomic E-state index is 0.00873. The average Bonchev–Trinajstić information content (AvgIpc) is 2.81. The van der Waals surface area contributed by atoms with Crippen molar-refractivity contribution >= 4 is 29.1 Å². The molecule has 0 bridgehead atoms. The van der Waals surface area contributed by atoms with Gasteiger partial charge in [0.15, 0.2) is 17.2 Å². The molecule has 1 unspecified atom stereocenters. The zero-order chi connectivity index (χ0) is 29.2. The van der Waals surface area contributed by atoms with E-state index in [1.54, 1.807) is 20.8 Å². The van der Waals surface area contributed by atoms with E-state index in [1.165, 1.54) is 19.1 Å². The van der Waals surface area contributed by atoms with Crippen molar-refractivity contribution in [1.29, 1.82) is 0 Å². The number of aliphatic hydroxyl groups excluding tert-OH is 2. The number of hydrogen-bond donors (Lipinski definition) is 4. The third-order valence-electron chi connectivity index (χ3n) is 8.84. The van der Waals surface area contributed by atoms with Crippen molar-refractivity contribution in [2.45, 2.75) is 72.8 Å². The van der Waals surface area contributed by atoms with Crippen LogP contribution in [-0.4, -0.2) is 56.0 Å². The number of Topliss-reactive ketones (excluding diaryl/α,β-unsaturated/α-hetero) is 3. The van der Waals surface area contributed by atoms with Crippen LogP contribution in [0, 0.1) is 22.7 Å². The molecule has 0 radical (unpaired) electrons. The molecule has 0 aliphatic heterocycles. The van der Waals surface area contributed by atoms with Gasteiger partial charge in [-0.15, -0.1) is 0 Å². The fourth-order valence-corrected chi connectivity index (χ4v) is 7.30. The molecule has 1 aromatic carbocycles. The normalized spacial score (nSPS) is 30.2. The zero-order valence-electron chi connectivity index (χ0n) is 23.2. The number of aromatic hydroxyl groups is 1. The molecule has 1 fully saturated rings. The number of carbonyl (C=O) groups is 4. The van der Waals surface area contributed by atoms with Gasteiger partial charge in [-0.3, -0.25) is 14.4 Å². The number of unbranched alkanes of at least 4 members (excludes halogenated alkanes) is 1. The molecule has 9 nitrogen and oxygen atoms in total. The van der Waals surface area contributed by atoms with E-state index in [0.29, 0.717) is 6.42 Å². The maximum absolute atomic E-state index is 14.2. The van der Waals surface area contributed by atoms with Crippen LogP contribution >= 0.6 is 0 Å². The van der Waals surface area contributed by atoms with Crippen LogP contribution in [0.3, 0.4) is 0 Å². The molecule has 9 heteroatoms. The number of fused-ring (bicyclic) bond motifs is 3. The fourth-order valence-electron chi connectivity index (χ4n) is 7.30. The Morgan fingerprint density at radius 3 is 2.33 bits per heavy atom. The third-order valence-corrected chi connectivity index (χ3v) is 8.84. The number of esters is 1. The van der Waals surface area contributed by atoms with Gasteiger partial charge in [0.25, 0.3) is 0 Å². The van der Waals surface area contributed by atoms with Crippen molar-refractivity contribution in [3.63, 3.8) is 0 Å². The molecule has 0 aromatic heterocycles. The maximum atomic E-state index is 14.2. The summed E-state index contributed by atoms with van der Waals surface area (Å²) in [6.07, 6.45) is 1.44. The summed E-state index contributed by atoms with van der Waals surface area (Å²) >= 11 is 0. The Morgan fingerprint density at radius 1 is 1.13 bits per heavy atom. The summed E-state index contributed by atoms with van der Waals surface area (Å²) in [5, 5.41) is 45.4. The summed E-state index contributed by atoms with van der Waals surface area (Å²) in [6.45, 7) is 9.93. The Morgan fingerprint density at radius 2 is 1.77 bits per heavy atom. The zero-order valence-corrected chi connectivity index (χ0v) is 23.2. The highest BCUT2D eigenvalue weighted by Gasteiger charge is 2.72. The second kappa shape index (κ2) is 9.33. The summed E-state index contributed by atoms with van der Waals surface area (Å²) in [5.74, 6) is -6.57. The van der Waals surface area contributed by atoms with Gasteiger partial charge in [0.1, 0.15) is 22.8 Å². The number of carbonyl (C=O) groups excluding carboxylic acids is 4. The van der Waals surface area contributed by atoms with Crippen molar-refractivity contribution in [2.24, 2.45) is 22.7 Å². The molecule has 39 heavy (non-hydrogen) atoms. The first-order chi connectivity index (χ1) is 18.1. The van der Waals surface area contributed by atoms with E-state index in [9.17, 15) is 39.6 Å². The summed E-state index contributed by atoms with van der Waals surface area (Å²) in [4.78, 5) is 53.2. The molecule has 0 amide bonds. The largest absolute Gasteiger partial charge is 0.508 e. The number of ketones is 3. The van der Waals surface area contributed by atoms with Gasteiger partial charge in [0, 0.05) is 22.3 Å². The molecular weight excluding hydrogens is 504 g/mol. The SMILES string of the molecule is CCCCOC(=O)c1ccc(O)c2c1C[C@]1(C)C[C@]3(C)C(C(C)C)C(=O)C(C(C)=O)=C(O)[C@]3(O)C(=O)C1=C2O. The van der Waals surface area contributed by atoms with Gasteiger partial charge in [-0.05, 0) is 49.8 Å². The molecule has 0 saturated heterocycles. The number of allylic oxidation sites excluding steroid dienone is 1. The summed E-state index contributed by atoms with van der Waals surface area (Å²) in [7, 11) is 0. The van der Waals surface area contributed by atoms with Crippen LogP contribution in [0.1, 0.15) is 82.3 Å². The first-order valence-corrected chi connectivity index (χ1v) is 13.3. The van der Waals surface area contributed by atoms with E-state index in [4.69, 9.17) is 4.74 Å². The van der Waals surface area contributed by atoms with E-state index in [-0.39, 0.29) is 47.5 Å². The molecule has 3 aliphatic rings. The monoisotopic (exact) mass is 540 g/mol. The lowest BCUT2D eigenvalue weighted by molar-refractivity contribution is -0.178. The van der Waals surface area contributed by atoms with Crippen molar-refractivity contribution in [3.05, 3.63) is 45.7 Å². The molecule has 0 heterocycles. The van der Waals surface area contributed by atoms with Gasteiger partial charge in [-0.1, -0.05) is 41.0 Å². The number of ether oxygens (including phenoxy) is 1. The average molecular weight is 541 g/mol. The lowest BCUT2D eigenvalue weighted by atomic mass is 9.43. The second-order valence-corrected chi connectivity index (χ2v) is 11.9. The second-order valence-electron chi connectivity index (χ2n) is 11.9. The number of hydrogen-bond acceptors (Lipinski definition) is 9. The Hall–Kier alpha value is -3.46. The molecule has 1 saturated carbocycles. The highest BCUT2D eigenvalue weighted by Crippen LogP contribution is 2.65. The van der Waals surface area contributed by atoms with E-state index in [2.05, 4.69) is 0 Å². The molecule has 4 N–H and O–H groups in total. The van der Waals surface area contributed by atoms with E-state index in [0.717, 1.165) is 13.3 Å². The van der Waals surface area contributed by atoms with E-state index in [1.807, 2.05) is 6.92 Å². The predicted octanol–water partition coefficient (Wildman–Crippen LogP) is 4.15. The highest BCUT2D eigenvalue weighted by molar-refractivity contribution is 6.24. The Bertz CT molecular complexity index is 1370. The van der Waals surface area contributed by atoms with Crippen molar-refractivity contribution < 1.29 is 44.3 Å². The van der Waals surface area contributed by atoms with Crippen LogP contribution < -0.4 is 0 Å². The number of phenolic OH excluding ortho intramolecular Hbond substituents is 1. The summed E-state index contributed by atoms with van der Waals surface area (Å²) in [5.41, 5.74) is -6.02. The minimum atomic E-state index is -2.68. The lowest BCUT2D eigenvalue weighted by Gasteiger charge is -2.59. The van der Waals surface area contributed by atoms with Gasteiger partial charge in [-0.2, -0.15) is 0 Å². The topological polar surface area (TPSA) is 158 Å². The smallest absolute Gasteiger partial charge is 0.338 e. The predicted molar refractivity (Wildman–Crippen MR) is 141 cm³/mol. The van der Waals surface area contributed by atoms with Crippen LogP contribution in [0.25, 0.3) is 5.76 Å². The molecule has 210 valence electrons. The molecular formula is C30H36O9. The van der Waals surface area contributed by atoms with Crippen molar-refractivity contribution in [1.82, 2.24) is 0 Å². The van der Waals surface area contributed by atoms with Crippen molar-refractivity contribution in [3.8, 4) is 5.75 Å². The lowest BCUT2D eigenvalue weighted by Crippen LogP contribution is -2.69. The highest BCUT2D eigenvalue weighted by atomic mass is 16.5. The Balaban J connectivity index is 2.00. The van der Waals surface area contributed by atoms with Gasteiger partial charge in [-0.25, -0.2) is 4.79 Å². The Kier molecular flexibility index (Phi) is 6.83. The third kappa shape index (κ3) is 3.77. The van der Waals surface area contributed by atoms with Crippen LogP contribution in [0.15, 0.2) is 29.0 Å². The van der Waals surface area contributed by atoms with Crippen molar-refractivity contribution in [2.75, 3.05) is 6.61 Å². The molecule has 4 atom stereocenters. The number of benzene rings is 1. The van der Waals surface area contributed by atoms with E-state index < -0.39 is 68.7 Å². The molecule has 1 aromatic rings. The summed E-state index contributed by atoms with van der Waals surface area (Å²) in [6, 6.07) is 2.63. The van der Waals surface area contributed by atoms with Crippen LogP contribution in [-0.2, 0) is 25.5 Å². The number of phenols is 1. The standard InChI is InChI=1S/C30H36O9/c1-7-8-11-39-27(37)16-9-10-18(32)20-17(16)12-28(5)13-29(6)21(14(2)3)23(33)19(15(4)31)25(35)30(29,38)26(36)22(28)24(20)34/h9-10,14,21,32,34-35,38H,7-8,11-13H2,1-6H3/t21?,28-,29-,30+/m1/s1. The van der Waals surface area contributed by atoms with Gasteiger partial charge in [0.2, 0.25) is 5.78 Å². The van der Waals surface area contributed by atoms with Gasteiger partial charge in [0.05, 0.1) is 17.7 Å². The number of rotatable bonds is 6. The Labute approximate surface area is 227 Å². The summed E-state index contributed by atoms with van der Waals surface area (Å²) < 4.78 is 5.39. The van der Waals surface area contributed by atoms with Gasteiger partial charge >= 0.3 is 5.97 Å². The van der Waals surface area contributed by atoms with E-state index >= 15 is 0 Å². The quantitative estimate of drug-likeness (QED) is 0.236. The molecule has 3 aliphatic carbocycles. The minimum Gasteiger partial charge on any atom is -0.508 e. The first kappa shape index (κ1) is 28.5. The van der Waals surface area contributed by atoms with Crippen LogP contribution in [0.5, 0.6) is 5.75 Å². The van der Waals surface area contributed by atoms with Gasteiger partial charge < -0.3 is 25.2 Å². The number of aliphatic hydroxyl groups is 3. The molecule has 4 rings (SSSR count). The first-order valence-electron chi connectivity index (χ1n) is 13.3. The molecule has 0 spiro atoms. The van der Waals surface area contributed by atoms with Crippen LogP contribution in [0.2, 0.25) is 0 Å². The fraction of sp³-hybridized carbons (Fsp3) is 0.533. The maximum Gasteiger partial charge on any atom is 0.338 e. The van der Waals surface area contributed by atoms with Crippen LogP contribution in [0.4, 0.5) is 0 Å².